The number of hydrogen-bond donors (Lipinski definition) is 0. The van der Waals surface area contributed by atoms with Gasteiger partial charge in [0.05, 0.1) is 5.02 Å². The van der Waals surface area contributed by atoms with Crippen molar-refractivity contribution < 1.29 is 9.53 Å². The van der Waals surface area contributed by atoms with Gasteiger partial charge in [-0.25, -0.2) is 0 Å². The predicted octanol–water partition coefficient (Wildman–Crippen LogP) is 3.37. The van der Waals surface area contributed by atoms with E-state index in [0.717, 1.165) is 18.4 Å². The van der Waals surface area contributed by atoms with Crippen LogP contribution in [0.1, 0.15) is 22.3 Å². The molecule has 3 heteroatoms. The summed E-state index contributed by atoms with van der Waals surface area (Å²) in [5.41, 5.74) is 4.79. The molecule has 0 amide bonds. The van der Waals surface area contributed by atoms with Gasteiger partial charge >= 0.3 is 0 Å². The third-order valence-corrected chi connectivity index (χ3v) is 3.64. The molecule has 2 aromatic carbocycles. The summed E-state index contributed by atoms with van der Waals surface area (Å²) in [5.74, 6) is 0.499. The molecule has 0 fully saturated rings. The molecule has 0 N–H and O–H groups in total. The summed E-state index contributed by atoms with van der Waals surface area (Å²) in [5, 5.41) is 0.486. The molecular weight excluding hydrogens is 248 g/mol. The number of rotatable bonds is 2. The molecular formula is C15H11ClO2. The quantitative estimate of drug-likeness (QED) is 0.659. The van der Waals surface area contributed by atoms with E-state index in [-0.39, 0.29) is 0 Å². The van der Waals surface area contributed by atoms with E-state index >= 15 is 0 Å². The molecule has 0 radical (unpaired) electrons. The van der Waals surface area contributed by atoms with Gasteiger partial charge in [-0.05, 0) is 29.2 Å². The molecule has 0 saturated heterocycles. The fourth-order valence-electron chi connectivity index (χ4n) is 2.47. The molecule has 1 aliphatic rings. The Morgan fingerprint density at radius 3 is 2.44 bits per heavy atom. The number of halogens is 1. The minimum atomic E-state index is 0.433. The third-order valence-electron chi connectivity index (χ3n) is 3.34. The molecule has 2 nitrogen and oxygen atoms in total. The van der Waals surface area contributed by atoms with Crippen molar-refractivity contribution >= 4 is 18.1 Å². The zero-order chi connectivity index (χ0) is 12.5. The van der Waals surface area contributed by atoms with E-state index in [4.69, 9.17) is 16.3 Å². The van der Waals surface area contributed by atoms with Crippen molar-refractivity contribution in [3.05, 3.63) is 63.7 Å². The van der Waals surface area contributed by atoms with Crippen LogP contribution in [0.4, 0.5) is 0 Å². The monoisotopic (exact) mass is 258 g/mol. The number of carbonyl (C=O) groups is 1. The SMILES string of the molecule is O=COc1c(Cl)ccc2c1Cc1ccccc1C2. The van der Waals surface area contributed by atoms with Crippen LogP contribution in [-0.2, 0) is 17.6 Å². The zero-order valence-corrected chi connectivity index (χ0v) is 10.4. The Kier molecular flexibility index (Phi) is 2.80. The lowest BCUT2D eigenvalue weighted by atomic mass is 9.85. The van der Waals surface area contributed by atoms with E-state index in [2.05, 4.69) is 12.1 Å². The first-order chi connectivity index (χ1) is 8.79. The maximum atomic E-state index is 10.6. The Bertz CT molecular complexity index is 620. The minimum absolute atomic E-state index is 0.433. The van der Waals surface area contributed by atoms with Crippen LogP contribution < -0.4 is 4.74 Å². The first-order valence-corrected chi connectivity index (χ1v) is 6.14. The van der Waals surface area contributed by atoms with Crippen LogP contribution >= 0.6 is 11.6 Å². The molecule has 1 aliphatic carbocycles. The molecule has 0 saturated carbocycles. The normalized spacial score (nSPS) is 12.5. The minimum Gasteiger partial charge on any atom is -0.427 e. The summed E-state index contributed by atoms with van der Waals surface area (Å²) < 4.78 is 5.04. The fraction of sp³-hybridized carbons (Fsp3) is 0.133. The molecule has 0 unspecified atom stereocenters. The van der Waals surface area contributed by atoms with Crippen molar-refractivity contribution in [1.82, 2.24) is 0 Å². The Hall–Kier alpha value is -1.80. The van der Waals surface area contributed by atoms with Gasteiger partial charge in [0.1, 0.15) is 0 Å². The summed E-state index contributed by atoms with van der Waals surface area (Å²) in [7, 11) is 0. The first kappa shape index (κ1) is 11.3. The molecule has 18 heavy (non-hydrogen) atoms. The second kappa shape index (κ2) is 4.46. The van der Waals surface area contributed by atoms with Gasteiger partial charge in [0.25, 0.3) is 6.47 Å². The summed E-state index contributed by atoms with van der Waals surface area (Å²) in [6, 6.07) is 12.1. The molecule has 0 spiro atoms. The Morgan fingerprint density at radius 2 is 1.72 bits per heavy atom. The highest BCUT2D eigenvalue weighted by molar-refractivity contribution is 6.32. The third kappa shape index (κ3) is 1.79. The first-order valence-electron chi connectivity index (χ1n) is 5.77. The average molecular weight is 259 g/mol. The second-order valence-electron chi connectivity index (χ2n) is 4.35. The Balaban J connectivity index is 2.12. The van der Waals surface area contributed by atoms with Crippen molar-refractivity contribution in [2.75, 3.05) is 0 Å². The van der Waals surface area contributed by atoms with Crippen LogP contribution in [0.15, 0.2) is 36.4 Å². The summed E-state index contributed by atoms with van der Waals surface area (Å²) in [6.07, 6.45) is 1.62. The number of carbonyl (C=O) groups excluding carboxylic acids is 1. The van der Waals surface area contributed by atoms with Gasteiger partial charge in [0.15, 0.2) is 5.75 Å². The number of hydrogen-bond acceptors (Lipinski definition) is 2. The molecule has 3 rings (SSSR count). The summed E-state index contributed by atoms with van der Waals surface area (Å²) in [6.45, 7) is 0.433. The van der Waals surface area contributed by atoms with Gasteiger partial charge in [-0.15, -0.1) is 0 Å². The topological polar surface area (TPSA) is 26.3 Å². The van der Waals surface area contributed by atoms with Crippen molar-refractivity contribution in [2.24, 2.45) is 0 Å². The molecule has 2 aromatic rings. The van der Waals surface area contributed by atoms with Crippen molar-refractivity contribution in [3.8, 4) is 5.75 Å². The molecule has 0 heterocycles. The van der Waals surface area contributed by atoms with Gasteiger partial charge in [-0.1, -0.05) is 41.9 Å². The number of ether oxygens (including phenoxy) is 1. The molecule has 0 bridgehead atoms. The summed E-state index contributed by atoms with van der Waals surface area (Å²) in [4.78, 5) is 10.6. The largest absolute Gasteiger partial charge is 0.427 e. The Morgan fingerprint density at radius 1 is 1.00 bits per heavy atom. The number of fused-ring (bicyclic) bond motifs is 2. The molecule has 0 aromatic heterocycles. The second-order valence-corrected chi connectivity index (χ2v) is 4.76. The van der Waals surface area contributed by atoms with E-state index in [9.17, 15) is 4.79 Å². The van der Waals surface area contributed by atoms with Crippen LogP contribution in [0.25, 0.3) is 0 Å². The molecule has 0 atom stereocenters. The van der Waals surface area contributed by atoms with Gasteiger partial charge in [-0.2, -0.15) is 0 Å². The lowest BCUT2D eigenvalue weighted by molar-refractivity contribution is -0.120. The van der Waals surface area contributed by atoms with Crippen LogP contribution in [0.3, 0.4) is 0 Å². The van der Waals surface area contributed by atoms with E-state index in [1.807, 2.05) is 18.2 Å². The van der Waals surface area contributed by atoms with E-state index < -0.39 is 0 Å². The van der Waals surface area contributed by atoms with Crippen molar-refractivity contribution in [2.45, 2.75) is 12.8 Å². The maximum absolute atomic E-state index is 10.6. The van der Waals surface area contributed by atoms with Gasteiger partial charge < -0.3 is 4.74 Å². The number of benzene rings is 2. The smallest absolute Gasteiger partial charge is 0.298 e. The van der Waals surface area contributed by atoms with Gasteiger partial charge in [-0.3, -0.25) is 4.79 Å². The highest BCUT2D eigenvalue weighted by Gasteiger charge is 2.20. The lowest BCUT2D eigenvalue weighted by Crippen LogP contribution is -2.09. The van der Waals surface area contributed by atoms with Crippen molar-refractivity contribution in [3.63, 3.8) is 0 Å². The fourth-order valence-corrected chi connectivity index (χ4v) is 2.69. The lowest BCUT2D eigenvalue weighted by Gasteiger charge is -2.21. The standard InChI is InChI=1S/C15H11ClO2/c16-14-6-5-12-7-10-3-1-2-4-11(10)8-13(12)15(14)18-9-17/h1-6,9H,7-8H2. The van der Waals surface area contributed by atoms with E-state index in [1.165, 1.54) is 16.7 Å². The highest BCUT2D eigenvalue weighted by atomic mass is 35.5. The van der Waals surface area contributed by atoms with Crippen molar-refractivity contribution in [1.29, 1.82) is 0 Å². The van der Waals surface area contributed by atoms with Gasteiger partial charge in [0.2, 0.25) is 0 Å². The summed E-state index contributed by atoms with van der Waals surface area (Å²) >= 11 is 6.08. The zero-order valence-electron chi connectivity index (χ0n) is 9.65. The maximum Gasteiger partial charge on any atom is 0.298 e. The van der Waals surface area contributed by atoms with E-state index in [0.29, 0.717) is 17.2 Å². The highest BCUT2D eigenvalue weighted by Crippen LogP contribution is 2.37. The molecule has 90 valence electrons. The van der Waals surface area contributed by atoms with Crippen LogP contribution in [0.5, 0.6) is 5.75 Å². The average Bonchev–Trinajstić information content (AvgIpc) is 2.40. The van der Waals surface area contributed by atoms with Gasteiger partial charge in [0, 0.05) is 12.0 Å². The molecule has 0 aliphatic heterocycles. The van der Waals surface area contributed by atoms with Crippen LogP contribution in [0, 0.1) is 0 Å². The van der Waals surface area contributed by atoms with Crippen LogP contribution in [0.2, 0.25) is 5.02 Å². The Labute approximate surface area is 110 Å². The van der Waals surface area contributed by atoms with Crippen LogP contribution in [-0.4, -0.2) is 6.47 Å². The van der Waals surface area contributed by atoms with E-state index in [1.54, 1.807) is 6.07 Å². The predicted molar refractivity (Wildman–Crippen MR) is 70.2 cm³/mol.